The third kappa shape index (κ3) is 4.45. The van der Waals surface area contributed by atoms with Crippen LogP contribution in [0.1, 0.15) is 26.7 Å². The molecule has 38 heavy (non-hydrogen) atoms. The van der Waals surface area contributed by atoms with E-state index < -0.39 is 28.7 Å². The van der Waals surface area contributed by atoms with Gasteiger partial charge in [0.15, 0.2) is 0 Å². The zero-order valence-corrected chi connectivity index (χ0v) is 24.3. The van der Waals surface area contributed by atoms with Crippen LogP contribution in [-0.2, 0) is 14.4 Å². The molecule has 3 saturated heterocycles. The summed E-state index contributed by atoms with van der Waals surface area (Å²) in [5.74, 6) is -2.18. The van der Waals surface area contributed by atoms with E-state index in [0.717, 1.165) is 6.42 Å². The molecule has 0 aliphatic carbocycles. The van der Waals surface area contributed by atoms with Gasteiger partial charge in [0.05, 0.1) is 39.9 Å². The van der Waals surface area contributed by atoms with Gasteiger partial charge in [0.25, 0.3) is 0 Å². The van der Waals surface area contributed by atoms with Gasteiger partial charge in [-0.3, -0.25) is 14.4 Å². The molecule has 5 rings (SSSR count). The molecule has 0 radical (unpaired) electrons. The number of anilines is 2. The van der Waals surface area contributed by atoms with E-state index in [1.807, 2.05) is 44.2 Å². The van der Waals surface area contributed by atoms with Gasteiger partial charge in [-0.1, -0.05) is 78.1 Å². The first-order valence-corrected chi connectivity index (χ1v) is 15.1. The van der Waals surface area contributed by atoms with Crippen molar-refractivity contribution >= 4 is 68.4 Å². The molecule has 1 spiro atoms. The summed E-state index contributed by atoms with van der Waals surface area (Å²) in [6.45, 7) is 3.70. The summed E-state index contributed by atoms with van der Waals surface area (Å²) < 4.78 is -0.819. The summed E-state index contributed by atoms with van der Waals surface area (Å²) in [6, 6.07) is 14.7. The first kappa shape index (κ1) is 27.5. The quantitative estimate of drug-likeness (QED) is 0.369. The van der Waals surface area contributed by atoms with E-state index in [4.69, 9.17) is 11.6 Å². The maximum absolute atomic E-state index is 14.3. The molecule has 8 atom stereocenters. The Morgan fingerprint density at radius 2 is 1.84 bits per heavy atom. The highest BCUT2D eigenvalue weighted by Crippen LogP contribution is 2.68. The molecule has 7 nitrogen and oxygen atoms in total. The number of halogens is 2. The van der Waals surface area contributed by atoms with Crippen LogP contribution in [0, 0.1) is 17.8 Å². The lowest BCUT2D eigenvalue weighted by molar-refractivity contribution is -0.142. The van der Waals surface area contributed by atoms with Crippen molar-refractivity contribution in [3.05, 3.63) is 59.6 Å². The number of hydrogen-bond donors (Lipinski definition) is 3. The first-order chi connectivity index (χ1) is 18.2. The smallest absolute Gasteiger partial charge is 0.248 e. The van der Waals surface area contributed by atoms with Crippen LogP contribution >= 0.6 is 39.3 Å². The van der Waals surface area contributed by atoms with Crippen LogP contribution < -0.4 is 10.6 Å². The van der Waals surface area contributed by atoms with Crippen LogP contribution in [0.5, 0.6) is 0 Å². The number of benzene rings is 2. The molecular formula is C28H31BrClN3O4S. The molecule has 3 aliphatic rings. The van der Waals surface area contributed by atoms with Crippen LogP contribution in [0.4, 0.5) is 11.4 Å². The van der Waals surface area contributed by atoms with Crippen molar-refractivity contribution in [2.24, 2.45) is 17.8 Å². The average Bonchev–Trinajstić information content (AvgIpc) is 3.50. The normalized spacial score (nSPS) is 31.1. The predicted octanol–water partition coefficient (Wildman–Crippen LogP) is 4.79. The van der Waals surface area contributed by atoms with Crippen LogP contribution in [0.3, 0.4) is 0 Å². The molecule has 3 aliphatic heterocycles. The Kier molecular flexibility index (Phi) is 7.84. The molecule has 3 unspecified atom stereocenters. The molecule has 3 fully saturated rings. The van der Waals surface area contributed by atoms with Crippen LogP contribution in [-0.4, -0.2) is 61.2 Å². The van der Waals surface area contributed by atoms with Gasteiger partial charge in [0.2, 0.25) is 17.7 Å². The Morgan fingerprint density at radius 3 is 2.50 bits per heavy atom. The topological polar surface area (TPSA) is 98.7 Å². The molecule has 3 N–H and O–H groups in total. The molecule has 3 amide bonds. The molecule has 2 aromatic carbocycles. The van der Waals surface area contributed by atoms with Gasteiger partial charge in [0.1, 0.15) is 6.04 Å². The molecule has 2 aromatic rings. The van der Waals surface area contributed by atoms with E-state index in [9.17, 15) is 19.5 Å². The summed E-state index contributed by atoms with van der Waals surface area (Å²) >= 11 is 11.7. The van der Waals surface area contributed by atoms with E-state index >= 15 is 0 Å². The minimum absolute atomic E-state index is 0.0465. The van der Waals surface area contributed by atoms with Crippen molar-refractivity contribution < 1.29 is 19.5 Å². The number of alkyl halides is 1. The van der Waals surface area contributed by atoms with Gasteiger partial charge in [-0.05, 0) is 36.6 Å². The number of para-hydroxylation sites is 2. The highest BCUT2D eigenvalue weighted by molar-refractivity contribution is 9.09. The van der Waals surface area contributed by atoms with Gasteiger partial charge in [-0.2, -0.15) is 0 Å². The zero-order valence-electron chi connectivity index (χ0n) is 21.1. The van der Waals surface area contributed by atoms with E-state index in [-0.39, 0.29) is 40.3 Å². The molecular weight excluding hydrogens is 590 g/mol. The summed E-state index contributed by atoms with van der Waals surface area (Å²) in [5.41, 5.74) is 1.12. The Labute approximate surface area is 240 Å². The van der Waals surface area contributed by atoms with Crippen molar-refractivity contribution in [3.8, 4) is 0 Å². The molecule has 0 aromatic heterocycles. The van der Waals surface area contributed by atoms with Gasteiger partial charge in [-0.15, -0.1) is 11.8 Å². The lowest BCUT2D eigenvalue weighted by Gasteiger charge is -2.39. The second-order valence-corrected chi connectivity index (χ2v) is 13.5. The number of hydrogen-bond acceptors (Lipinski definition) is 5. The maximum Gasteiger partial charge on any atom is 0.248 e. The third-order valence-electron chi connectivity index (χ3n) is 8.30. The third-order valence-corrected chi connectivity index (χ3v) is 11.8. The van der Waals surface area contributed by atoms with Crippen molar-refractivity contribution in [2.45, 2.75) is 53.6 Å². The Hall–Kier alpha value is -2.07. The van der Waals surface area contributed by atoms with E-state index in [1.54, 1.807) is 40.9 Å². The fourth-order valence-corrected chi connectivity index (χ4v) is 10.1. The van der Waals surface area contributed by atoms with Crippen molar-refractivity contribution in [3.63, 3.8) is 0 Å². The summed E-state index contributed by atoms with van der Waals surface area (Å²) in [6.07, 6.45) is 1.28. The second kappa shape index (κ2) is 10.8. The number of aliphatic hydroxyl groups is 1. The Bertz CT molecular complexity index is 1240. The van der Waals surface area contributed by atoms with Crippen LogP contribution in [0.15, 0.2) is 54.6 Å². The standard InChI is InChI=1S/C28H31BrClN3O4S/c1-3-15(2)20(14-34)33-24(26(36)32-19-12-8-7-11-18(19)30)28-13-17(29)23(38-28)21(22(28)27(33)37)25(35)31-16-9-5-4-6-10-16/h4-12,15,17,20-24,34H,3,13-14H2,1-2H3,(H,31,35)(H,32,36)/t15-,17?,20-,21-,22-,23-,24?,28?/m0/s1. The van der Waals surface area contributed by atoms with Crippen LogP contribution in [0.2, 0.25) is 5.02 Å². The van der Waals surface area contributed by atoms with Gasteiger partial charge < -0.3 is 20.6 Å². The maximum atomic E-state index is 14.3. The number of thioether (sulfide) groups is 1. The summed E-state index contributed by atoms with van der Waals surface area (Å²) in [5, 5.41) is 16.6. The zero-order chi connectivity index (χ0) is 27.2. The van der Waals surface area contributed by atoms with Crippen molar-refractivity contribution in [2.75, 3.05) is 17.2 Å². The van der Waals surface area contributed by atoms with Crippen LogP contribution in [0.25, 0.3) is 0 Å². The van der Waals surface area contributed by atoms with Gasteiger partial charge >= 0.3 is 0 Å². The lowest BCUT2D eigenvalue weighted by Crippen LogP contribution is -2.56. The number of amides is 3. The number of fused-ring (bicyclic) bond motifs is 1. The fourth-order valence-electron chi connectivity index (χ4n) is 6.35. The number of carbonyl (C=O) groups is 3. The number of nitrogens with zero attached hydrogens (tertiary/aromatic N) is 1. The Morgan fingerprint density at radius 1 is 1.16 bits per heavy atom. The molecule has 10 heteroatoms. The Balaban J connectivity index is 1.56. The number of rotatable bonds is 8. The lowest BCUT2D eigenvalue weighted by atomic mass is 9.70. The molecule has 2 bridgehead atoms. The van der Waals surface area contributed by atoms with E-state index in [2.05, 4.69) is 26.6 Å². The van der Waals surface area contributed by atoms with E-state index in [0.29, 0.717) is 22.8 Å². The molecule has 3 heterocycles. The number of carbonyl (C=O) groups excluding carboxylic acids is 3. The summed E-state index contributed by atoms with van der Waals surface area (Å²) in [4.78, 5) is 43.6. The number of aliphatic hydroxyl groups excluding tert-OH is 1. The van der Waals surface area contributed by atoms with E-state index in [1.165, 1.54) is 0 Å². The number of likely N-dealkylation sites (tertiary alicyclic amines) is 1. The SMILES string of the molecule is CC[C@H](C)[C@H](CO)N1C(=O)[C@@H]2[C@H](C(=O)Nc3ccccc3)[C@H]3SC2(CC3Br)C1C(=O)Nc1ccccc1Cl. The van der Waals surface area contributed by atoms with Crippen molar-refractivity contribution in [1.29, 1.82) is 0 Å². The number of nitrogens with one attached hydrogen (secondary N) is 2. The predicted molar refractivity (Wildman–Crippen MR) is 155 cm³/mol. The van der Waals surface area contributed by atoms with Crippen molar-refractivity contribution in [1.82, 2.24) is 4.90 Å². The first-order valence-electron chi connectivity index (χ1n) is 12.9. The minimum atomic E-state index is -0.869. The van der Waals surface area contributed by atoms with Gasteiger partial charge in [0, 0.05) is 15.8 Å². The second-order valence-electron chi connectivity index (χ2n) is 10.4. The fraction of sp³-hybridized carbons (Fsp3) is 0.464. The average molecular weight is 621 g/mol. The monoisotopic (exact) mass is 619 g/mol. The minimum Gasteiger partial charge on any atom is -0.394 e. The highest BCUT2D eigenvalue weighted by Gasteiger charge is 2.76. The van der Waals surface area contributed by atoms with Gasteiger partial charge in [-0.25, -0.2) is 0 Å². The highest BCUT2D eigenvalue weighted by atomic mass is 79.9. The largest absolute Gasteiger partial charge is 0.394 e. The molecule has 202 valence electrons. The summed E-state index contributed by atoms with van der Waals surface area (Å²) in [7, 11) is 0. The molecule has 0 saturated carbocycles.